The van der Waals surface area contributed by atoms with Crippen molar-refractivity contribution < 1.29 is 4.79 Å². The smallest absolute Gasteiger partial charge is 0.315 e. The number of hydrogen-bond acceptors (Lipinski definition) is 5. The number of nitrogens with one attached hydrogen (secondary N) is 2. The Hall–Kier alpha value is -3.00. The number of hydrogen-bond donors (Lipinski definition) is 2. The first-order valence-electron chi connectivity index (χ1n) is 9.65. The lowest BCUT2D eigenvalue weighted by Gasteiger charge is -2.32. The Kier molecular flexibility index (Phi) is 5.71. The quantitative estimate of drug-likeness (QED) is 0.606. The van der Waals surface area contributed by atoms with Gasteiger partial charge in [-0.1, -0.05) is 36.0 Å². The summed E-state index contributed by atoms with van der Waals surface area (Å²) in [6.45, 7) is 3.31. The molecule has 0 saturated carbocycles. The summed E-state index contributed by atoms with van der Waals surface area (Å²) < 4.78 is 1.80. The van der Waals surface area contributed by atoms with Crippen LogP contribution in [0.3, 0.4) is 0 Å². The number of para-hydroxylation sites is 2. The van der Waals surface area contributed by atoms with Crippen molar-refractivity contribution in [2.75, 3.05) is 18.0 Å². The standard InChI is InChI=1S/C21H24N6OS/c1-15(20-25-23-14-26(20)2)24-21(28)22-12-7-13-27-16-8-3-5-10-18(16)29-19-11-6-4-9-17(19)27/h3-6,8-11,14-15H,7,12-13H2,1-2H3,(H2,22,24,28)/t15-/m0/s1. The van der Waals surface area contributed by atoms with Gasteiger partial charge in [0, 0.05) is 29.9 Å². The number of carbonyl (C=O) groups excluding carboxylic acids is 1. The monoisotopic (exact) mass is 408 g/mol. The summed E-state index contributed by atoms with van der Waals surface area (Å²) in [4.78, 5) is 17.1. The van der Waals surface area contributed by atoms with E-state index in [1.165, 1.54) is 21.2 Å². The molecule has 1 aliphatic rings. The minimum Gasteiger partial charge on any atom is -0.340 e. The maximum Gasteiger partial charge on any atom is 0.315 e. The van der Waals surface area contributed by atoms with Gasteiger partial charge >= 0.3 is 6.03 Å². The predicted octanol–water partition coefficient (Wildman–Crippen LogP) is 3.87. The highest BCUT2D eigenvalue weighted by Crippen LogP contribution is 2.47. The van der Waals surface area contributed by atoms with Crippen molar-refractivity contribution >= 4 is 29.2 Å². The van der Waals surface area contributed by atoms with Crippen LogP contribution in [0.1, 0.15) is 25.2 Å². The van der Waals surface area contributed by atoms with E-state index < -0.39 is 0 Å². The van der Waals surface area contributed by atoms with E-state index in [9.17, 15) is 4.79 Å². The van der Waals surface area contributed by atoms with Gasteiger partial charge in [-0.15, -0.1) is 10.2 Å². The highest BCUT2D eigenvalue weighted by Gasteiger charge is 2.22. The number of fused-ring (bicyclic) bond motifs is 2. The fourth-order valence-corrected chi connectivity index (χ4v) is 4.55. The molecule has 0 unspecified atom stereocenters. The fourth-order valence-electron chi connectivity index (χ4n) is 3.46. The maximum atomic E-state index is 12.2. The van der Waals surface area contributed by atoms with Crippen LogP contribution in [0.15, 0.2) is 64.6 Å². The third kappa shape index (κ3) is 4.22. The zero-order valence-electron chi connectivity index (χ0n) is 16.5. The summed E-state index contributed by atoms with van der Waals surface area (Å²) in [6.07, 6.45) is 2.46. The molecule has 29 heavy (non-hydrogen) atoms. The van der Waals surface area contributed by atoms with Crippen molar-refractivity contribution in [3.05, 3.63) is 60.7 Å². The highest BCUT2D eigenvalue weighted by molar-refractivity contribution is 7.99. The molecule has 2 aromatic carbocycles. The normalized spacial score (nSPS) is 13.4. The van der Waals surface area contributed by atoms with Crippen LogP contribution >= 0.6 is 11.8 Å². The van der Waals surface area contributed by atoms with Gasteiger partial charge in [0.1, 0.15) is 6.33 Å². The molecule has 2 heterocycles. The topological polar surface area (TPSA) is 75.1 Å². The second-order valence-electron chi connectivity index (χ2n) is 6.96. The van der Waals surface area contributed by atoms with Gasteiger partial charge in [-0.25, -0.2) is 4.79 Å². The van der Waals surface area contributed by atoms with Crippen LogP contribution in [0.2, 0.25) is 0 Å². The molecule has 2 N–H and O–H groups in total. The summed E-state index contributed by atoms with van der Waals surface area (Å²) >= 11 is 1.80. The van der Waals surface area contributed by atoms with Crippen LogP contribution in [0.25, 0.3) is 0 Å². The number of aryl methyl sites for hydroxylation is 1. The lowest BCUT2D eigenvalue weighted by atomic mass is 10.2. The third-order valence-corrected chi connectivity index (χ3v) is 5.99. The molecule has 150 valence electrons. The zero-order chi connectivity index (χ0) is 20.2. The number of carbonyl (C=O) groups is 1. The molecule has 7 nitrogen and oxygen atoms in total. The maximum absolute atomic E-state index is 12.2. The molecule has 0 radical (unpaired) electrons. The van der Waals surface area contributed by atoms with E-state index in [1.54, 1.807) is 22.7 Å². The first-order chi connectivity index (χ1) is 14.1. The van der Waals surface area contributed by atoms with Crippen molar-refractivity contribution in [1.82, 2.24) is 25.4 Å². The molecule has 0 bridgehead atoms. The van der Waals surface area contributed by atoms with Gasteiger partial charge in [0.05, 0.1) is 17.4 Å². The molecule has 4 rings (SSSR count). The number of benzene rings is 2. The molecule has 2 amide bonds. The Morgan fingerprint density at radius 3 is 2.38 bits per heavy atom. The van der Waals surface area contributed by atoms with E-state index >= 15 is 0 Å². The van der Waals surface area contributed by atoms with Crippen molar-refractivity contribution in [1.29, 1.82) is 0 Å². The Labute approximate surface area is 174 Å². The second-order valence-corrected chi connectivity index (χ2v) is 8.05. The third-order valence-electron chi connectivity index (χ3n) is 4.86. The molecule has 0 saturated heterocycles. The van der Waals surface area contributed by atoms with Gasteiger partial charge in [0.2, 0.25) is 0 Å². The van der Waals surface area contributed by atoms with Crippen LogP contribution in [0.5, 0.6) is 0 Å². The van der Waals surface area contributed by atoms with Gasteiger partial charge in [-0.05, 0) is 37.6 Å². The average Bonchev–Trinajstić information content (AvgIpc) is 3.16. The molecule has 1 atom stereocenters. The van der Waals surface area contributed by atoms with Gasteiger partial charge in [-0.3, -0.25) is 0 Å². The van der Waals surface area contributed by atoms with Crippen molar-refractivity contribution in [2.24, 2.45) is 7.05 Å². The van der Waals surface area contributed by atoms with Crippen LogP contribution in [0, 0.1) is 0 Å². The van der Waals surface area contributed by atoms with Crippen molar-refractivity contribution in [2.45, 2.75) is 29.2 Å². The molecule has 1 aromatic heterocycles. The van der Waals surface area contributed by atoms with Gasteiger partial charge in [0.15, 0.2) is 5.82 Å². The van der Waals surface area contributed by atoms with Gasteiger partial charge < -0.3 is 20.1 Å². The zero-order valence-corrected chi connectivity index (χ0v) is 17.3. The number of aromatic nitrogens is 3. The Morgan fingerprint density at radius 1 is 1.10 bits per heavy atom. The Morgan fingerprint density at radius 2 is 1.76 bits per heavy atom. The van der Waals surface area contributed by atoms with Crippen LogP contribution in [-0.4, -0.2) is 33.9 Å². The molecule has 8 heteroatoms. The molecule has 3 aromatic rings. The van der Waals surface area contributed by atoms with Gasteiger partial charge in [0.25, 0.3) is 0 Å². The molecular weight excluding hydrogens is 384 g/mol. The van der Waals surface area contributed by atoms with E-state index in [-0.39, 0.29) is 12.1 Å². The summed E-state index contributed by atoms with van der Waals surface area (Å²) in [6, 6.07) is 16.5. The number of rotatable bonds is 6. The van der Waals surface area contributed by atoms with E-state index in [2.05, 4.69) is 74.3 Å². The molecule has 0 fully saturated rings. The summed E-state index contributed by atoms with van der Waals surface area (Å²) in [5, 5.41) is 13.7. The minimum absolute atomic E-state index is 0.199. The second kappa shape index (κ2) is 8.57. The minimum atomic E-state index is -0.208. The SMILES string of the molecule is C[C@H](NC(=O)NCCCN1c2ccccc2Sc2ccccc21)c1nncn1C. The van der Waals surface area contributed by atoms with Crippen LogP contribution < -0.4 is 15.5 Å². The van der Waals surface area contributed by atoms with E-state index in [0.717, 1.165) is 18.8 Å². The van der Waals surface area contributed by atoms with E-state index in [1.807, 2.05) is 14.0 Å². The van der Waals surface area contributed by atoms with Gasteiger partial charge in [-0.2, -0.15) is 0 Å². The first kappa shape index (κ1) is 19.3. The van der Waals surface area contributed by atoms with Crippen molar-refractivity contribution in [3.63, 3.8) is 0 Å². The number of anilines is 2. The Balaban J connectivity index is 1.33. The van der Waals surface area contributed by atoms with Crippen LogP contribution in [0.4, 0.5) is 16.2 Å². The number of nitrogens with zero attached hydrogens (tertiary/aromatic N) is 4. The number of amides is 2. The summed E-state index contributed by atoms with van der Waals surface area (Å²) in [5.41, 5.74) is 2.44. The number of urea groups is 1. The molecule has 1 aliphatic heterocycles. The Bertz CT molecular complexity index is 959. The van der Waals surface area contributed by atoms with Crippen LogP contribution in [-0.2, 0) is 7.05 Å². The van der Waals surface area contributed by atoms with E-state index in [0.29, 0.717) is 6.54 Å². The lowest BCUT2D eigenvalue weighted by molar-refractivity contribution is 0.237. The molecule has 0 spiro atoms. The lowest BCUT2D eigenvalue weighted by Crippen LogP contribution is -2.39. The highest BCUT2D eigenvalue weighted by atomic mass is 32.2. The average molecular weight is 409 g/mol. The molecular formula is C21H24N6OS. The first-order valence-corrected chi connectivity index (χ1v) is 10.5. The fraction of sp³-hybridized carbons (Fsp3) is 0.286. The largest absolute Gasteiger partial charge is 0.340 e. The van der Waals surface area contributed by atoms with Crippen molar-refractivity contribution in [3.8, 4) is 0 Å². The summed E-state index contributed by atoms with van der Waals surface area (Å²) in [7, 11) is 1.86. The summed E-state index contributed by atoms with van der Waals surface area (Å²) in [5.74, 6) is 0.721. The van der Waals surface area contributed by atoms with E-state index in [4.69, 9.17) is 0 Å². The predicted molar refractivity (Wildman–Crippen MR) is 115 cm³/mol. The molecule has 0 aliphatic carbocycles.